The Balaban J connectivity index is 1.49. The third-order valence-electron chi connectivity index (χ3n) is 5.29. The molecule has 1 aliphatic heterocycles. The van der Waals surface area contributed by atoms with Gasteiger partial charge in [0.15, 0.2) is 11.5 Å². The number of hydrogen-bond acceptors (Lipinski definition) is 7. The van der Waals surface area contributed by atoms with E-state index in [1.165, 1.54) is 42.8 Å². The maximum atomic E-state index is 5.79. The molecule has 1 aliphatic carbocycles. The molecule has 2 aliphatic rings. The molecular weight excluding hydrogens is 350 g/mol. The van der Waals surface area contributed by atoms with Crippen molar-refractivity contribution >= 4 is 16.7 Å². The molecule has 1 saturated carbocycles. The summed E-state index contributed by atoms with van der Waals surface area (Å²) >= 11 is 1.43. The van der Waals surface area contributed by atoms with Gasteiger partial charge in [-0.3, -0.25) is 0 Å². The number of fused-ring (bicyclic) bond motifs is 1. The molecule has 0 atom stereocenters. The zero-order chi connectivity index (χ0) is 17.8. The van der Waals surface area contributed by atoms with Crippen molar-refractivity contribution in [3.05, 3.63) is 29.6 Å². The maximum absolute atomic E-state index is 5.79. The second-order valence-corrected chi connectivity index (χ2v) is 7.71. The highest BCUT2D eigenvalue weighted by Gasteiger charge is 2.36. The lowest BCUT2D eigenvalue weighted by molar-refractivity contribution is 0.171. The minimum absolute atomic E-state index is 0.119. The van der Waals surface area contributed by atoms with E-state index >= 15 is 0 Å². The topological polar surface area (TPSA) is 65.5 Å². The van der Waals surface area contributed by atoms with E-state index in [0.717, 1.165) is 35.4 Å². The van der Waals surface area contributed by atoms with Crippen LogP contribution < -0.4 is 14.8 Å². The molecular formula is C19H25N3O3S. The molecule has 0 saturated heterocycles. The predicted molar refractivity (Wildman–Crippen MR) is 102 cm³/mol. The summed E-state index contributed by atoms with van der Waals surface area (Å²) in [4.78, 5) is 4.58. The Labute approximate surface area is 158 Å². The summed E-state index contributed by atoms with van der Waals surface area (Å²) in [5, 5.41) is 4.42. The lowest BCUT2D eigenvalue weighted by atomic mass is 9.78. The molecule has 140 valence electrons. The number of rotatable bonds is 7. The minimum Gasteiger partial charge on any atom is -0.486 e. The fraction of sp³-hybridized carbons (Fsp3) is 0.579. The van der Waals surface area contributed by atoms with E-state index in [1.54, 1.807) is 7.11 Å². The van der Waals surface area contributed by atoms with Gasteiger partial charge in [-0.05, 0) is 30.5 Å². The minimum atomic E-state index is 0.119. The zero-order valence-corrected chi connectivity index (χ0v) is 15.9. The first-order chi connectivity index (χ1) is 12.8. The number of anilines is 1. The van der Waals surface area contributed by atoms with Crippen molar-refractivity contribution < 1.29 is 14.2 Å². The Hall–Kier alpha value is -1.86. The molecule has 1 aromatic heterocycles. The molecule has 6 nitrogen and oxygen atoms in total. The molecule has 7 heteroatoms. The van der Waals surface area contributed by atoms with Gasteiger partial charge in [-0.2, -0.15) is 4.37 Å². The second-order valence-electron chi connectivity index (χ2n) is 6.96. The van der Waals surface area contributed by atoms with Crippen molar-refractivity contribution in [3.8, 4) is 11.5 Å². The fourth-order valence-electron chi connectivity index (χ4n) is 3.86. The van der Waals surface area contributed by atoms with Crippen LogP contribution in [0.25, 0.3) is 0 Å². The average Bonchev–Trinajstić information content (AvgIpc) is 3.34. The van der Waals surface area contributed by atoms with Crippen LogP contribution in [-0.4, -0.2) is 42.8 Å². The Bertz CT molecular complexity index is 743. The first kappa shape index (κ1) is 17.5. The third-order valence-corrected chi connectivity index (χ3v) is 6.00. The van der Waals surface area contributed by atoms with Crippen LogP contribution >= 0.6 is 11.5 Å². The highest BCUT2D eigenvalue weighted by molar-refractivity contribution is 7.09. The van der Waals surface area contributed by atoms with Crippen LogP contribution in [0.1, 0.15) is 37.1 Å². The van der Waals surface area contributed by atoms with Crippen LogP contribution in [0.3, 0.4) is 0 Å². The molecule has 4 rings (SSSR count). The van der Waals surface area contributed by atoms with Crippen LogP contribution in [0, 0.1) is 0 Å². The van der Waals surface area contributed by atoms with Crippen molar-refractivity contribution in [2.45, 2.75) is 37.5 Å². The Morgan fingerprint density at radius 3 is 2.81 bits per heavy atom. The van der Waals surface area contributed by atoms with Crippen molar-refractivity contribution in [1.29, 1.82) is 0 Å². The Kier molecular flexibility index (Phi) is 5.26. The number of hydrogen-bond donors (Lipinski definition) is 1. The second kappa shape index (κ2) is 7.80. The van der Waals surface area contributed by atoms with Crippen LogP contribution in [0.2, 0.25) is 0 Å². The van der Waals surface area contributed by atoms with E-state index in [1.807, 2.05) is 0 Å². The van der Waals surface area contributed by atoms with Gasteiger partial charge in [0, 0.05) is 37.0 Å². The summed E-state index contributed by atoms with van der Waals surface area (Å²) in [6.07, 6.45) is 5.61. The molecule has 1 aromatic carbocycles. The summed E-state index contributed by atoms with van der Waals surface area (Å²) in [7, 11) is 1.70. The van der Waals surface area contributed by atoms with Crippen LogP contribution in [0.4, 0.5) is 5.13 Å². The summed E-state index contributed by atoms with van der Waals surface area (Å²) in [6.45, 7) is 2.76. The van der Waals surface area contributed by atoms with Gasteiger partial charge in [0.05, 0.1) is 6.61 Å². The van der Waals surface area contributed by atoms with Crippen LogP contribution in [-0.2, 0) is 16.6 Å². The van der Waals surface area contributed by atoms with Crippen molar-refractivity contribution in [2.24, 2.45) is 0 Å². The summed E-state index contributed by atoms with van der Waals surface area (Å²) < 4.78 is 21.0. The van der Waals surface area contributed by atoms with Gasteiger partial charge in [0.1, 0.15) is 19.0 Å². The van der Waals surface area contributed by atoms with Crippen molar-refractivity contribution in [3.63, 3.8) is 0 Å². The van der Waals surface area contributed by atoms with Crippen LogP contribution in [0.5, 0.6) is 11.5 Å². The number of ether oxygens (including phenoxy) is 3. The van der Waals surface area contributed by atoms with Gasteiger partial charge < -0.3 is 19.5 Å². The Morgan fingerprint density at radius 2 is 2.00 bits per heavy atom. The SMILES string of the molecule is COCCc1nsc(NCC2(c3ccc4c(c3)OCCO4)CCCC2)n1. The quantitative estimate of drug-likeness (QED) is 0.800. The molecule has 1 fully saturated rings. The molecule has 1 N–H and O–H groups in total. The van der Waals surface area contributed by atoms with E-state index in [4.69, 9.17) is 14.2 Å². The van der Waals surface area contributed by atoms with E-state index < -0.39 is 0 Å². The van der Waals surface area contributed by atoms with Crippen LogP contribution in [0.15, 0.2) is 18.2 Å². The smallest absolute Gasteiger partial charge is 0.202 e. The van der Waals surface area contributed by atoms with E-state index in [9.17, 15) is 0 Å². The monoisotopic (exact) mass is 375 g/mol. The lowest BCUT2D eigenvalue weighted by Gasteiger charge is -2.31. The van der Waals surface area contributed by atoms with E-state index in [2.05, 4.69) is 32.9 Å². The molecule has 0 unspecified atom stereocenters. The molecule has 26 heavy (non-hydrogen) atoms. The number of aromatic nitrogens is 2. The molecule has 2 aromatic rings. The molecule has 0 radical (unpaired) electrons. The average molecular weight is 375 g/mol. The molecule has 0 bridgehead atoms. The van der Waals surface area contributed by atoms with Crippen molar-refractivity contribution in [2.75, 3.05) is 38.8 Å². The third kappa shape index (κ3) is 3.64. The summed E-state index contributed by atoms with van der Waals surface area (Å²) in [5.74, 6) is 2.57. The molecule has 2 heterocycles. The first-order valence-electron chi connectivity index (χ1n) is 9.25. The number of nitrogens with one attached hydrogen (secondary N) is 1. The van der Waals surface area contributed by atoms with Gasteiger partial charge in [-0.15, -0.1) is 0 Å². The molecule has 0 amide bonds. The van der Waals surface area contributed by atoms with Gasteiger partial charge in [0.2, 0.25) is 5.13 Å². The van der Waals surface area contributed by atoms with E-state index in [0.29, 0.717) is 19.8 Å². The molecule has 0 spiro atoms. The first-order valence-corrected chi connectivity index (χ1v) is 10.0. The van der Waals surface area contributed by atoms with Gasteiger partial charge in [-0.25, -0.2) is 4.98 Å². The largest absolute Gasteiger partial charge is 0.486 e. The van der Waals surface area contributed by atoms with E-state index in [-0.39, 0.29) is 5.41 Å². The zero-order valence-electron chi connectivity index (χ0n) is 15.1. The standard InChI is InChI=1S/C19H25N3O3S/c1-23-9-6-17-21-18(26-22-17)20-13-19(7-2-3-8-19)14-4-5-15-16(12-14)25-11-10-24-15/h4-5,12H,2-3,6-11,13H2,1H3,(H,20,21,22). The normalized spacial score (nSPS) is 18.0. The maximum Gasteiger partial charge on any atom is 0.202 e. The Morgan fingerprint density at radius 1 is 1.19 bits per heavy atom. The van der Waals surface area contributed by atoms with Crippen molar-refractivity contribution in [1.82, 2.24) is 9.36 Å². The summed E-state index contributed by atoms with van der Waals surface area (Å²) in [5.41, 5.74) is 1.45. The predicted octanol–water partition coefficient (Wildman–Crippen LogP) is 3.42. The number of benzene rings is 1. The summed E-state index contributed by atoms with van der Waals surface area (Å²) in [6, 6.07) is 6.42. The fourth-order valence-corrected chi connectivity index (χ4v) is 4.46. The number of nitrogens with zero attached hydrogens (tertiary/aromatic N) is 2. The van der Waals surface area contributed by atoms with Gasteiger partial charge in [-0.1, -0.05) is 18.9 Å². The van der Waals surface area contributed by atoms with Gasteiger partial charge in [0.25, 0.3) is 0 Å². The highest BCUT2D eigenvalue weighted by Crippen LogP contribution is 2.44. The number of methoxy groups -OCH3 is 1. The van der Waals surface area contributed by atoms with Gasteiger partial charge >= 0.3 is 0 Å². The highest BCUT2D eigenvalue weighted by atomic mass is 32.1. The lowest BCUT2D eigenvalue weighted by Crippen LogP contribution is -2.31.